The Labute approximate surface area is 237 Å². The highest BCUT2D eigenvalue weighted by Crippen LogP contribution is 2.67. The fourth-order valence-electron chi connectivity index (χ4n) is 9.74. The van der Waals surface area contributed by atoms with Crippen LogP contribution < -0.4 is 5.73 Å². The van der Waals surface area contributed by atoms with Gasteiger partial charge in [0.05, 0.1) is 0 Å². The second-order valence-electron chi connectivity index (χ2n) is 13.4. The van der Waals surface area contributed by atoms with Gasteiger partial charge in [-0.1, -0.05) is 62.6 Å². The van der Waals surface area contributed by atoms with Crippen LogP contribution in [-0.4, -0.2) is 22.6 Å². The third kappa shape index (κ3) is 4.98. The molecule has 0 radical (unpaired) electrons. The highest BCUT2D eigenvalue weighted by molar-refractivity contribution is 6.49. The summed E-state index contributed by atoms with van der Waals surface area (Å²) in [5.41, 5.74) is 7.02. The SMILES string of the molecule is CC12CCC3C(CC[C@@H]4CCCCC34C)C1CCC2CCCC(=O)O.NC1=C(Cl)C(=O)c2ccccc2C1=O. The van der Waals surface area contributed by atoms with E-state index in [9.17, 15) is 14.4 Å². The van der Waals surface area contributed by atoms with Gasteiger partial charge in [-0.05, 0) is 105 Å². The number of nitrogens with two attached hydrogens (primary N) is 1. The summed E-state index contributed by atoms with van der Waals surface area (Å²) in [5, 5.41) is 8.79. The number of aliphatic carboxylic acids is 1. The average Bonchev–Trinajstić information content (AvgIpc) is 3.26. The van der Waals surface area contributed by atoms with Crippen LogP contribution in [0.4, 0.5) is 0 Å². The third-order valence-electron chi connectivity index (χ3n) is 11.8. The van der Waals surface area contributed by atoms with Gasteiger partial charge < -0.3 is 10.8 Å². The predicted octanol–water partition coefficient (Wildman–Crippen LogP) is 7.77. The number of carboxylic acid groups (broad SMARTS) is 1. The molecule has 6 unspecified atom stereocenters. The van der Waals surface area contributed by atoms with E-state index in [0.29, 0.717) is 28.4 Å². The maximum atomic E-state index is 11.6. The number of halogens is 1. The molecule has 0 bridgehead atoms. The van der Waals surface area contributed by atoms with E-state index in [-0.39, 0.29) is 22.3 Å². The quantitative estimate of drug-likeness (QED) is 0.397. The molecule has 6 rings (SSSR count). The number of Topliss-reactive ketones (excluding diaryl/α,β-unsaturated/α-hetero) is 2. The van der Waals surface area contributed by atoms with Gasteiger partial charge in [-0.25, -0.2) is 0 Å². The van der Waals surface area contributed by atoms with Crippen LogP contribution in [0.1, 0.15) is 118 Å². The molecule has 7 atom stereocenters. The van der Waals surface area contributed by atoms with Crippen LogP contribution in [-0.2, 0) is 4.79 Å². The summed E-state index contributed by atoms with van der Waals surface area (Å²) in [4.78, 5) is 34.0. The zero-order valence-corrected chi connectivity index (χ0v) is 24.3. The molecule has 5 nitrogen and oxygen atoms in total. The van der Waals surface area contributed by atoms with E-state index in [1.165, 1.54) is 64.2 Å². The Morgan fingerprint density at radius 2 is 1.62 bits per heavy atom. The Morgan fingerprint density at radius 1 is 0.923 bits per heavy atom. The van der Waals surface area contributed by atoms with E-state index in [1.54, 1.807) is 24.3 Å². The number of fused-ring (bicyclic) bond motifs is 6. The van der Waals surface area contributed by atoms with Crippen LogP contribution in [0.25, 0.3) is 0 Å². The second-order valence-corrected chi connectivity index (χ2v) is 13.8. The maximum Gasteiger partial charge on any atom is 0.303 e. The molecule has 0 spiro atoms. The molecule has 4 fully saturated rings. The molecular weight excluding hydrogens is 510 g/mol. The topological polar surface area (TPSA) is 97.5 Å². The van der Waals surface area contributed by atoms with Crippen LogP contribution in [0.3, 0.4) is 0 Å². The molecule has 4 saturated carbocycles. The van der Waals surface area contributed by atoms with E-state index in [1.807, 2.05) is 0 Å². The molecule has 0 aromatic heterocycles. The van der Waals surface area contributed by atoms with Crippen LogP contribution in [0.2, 0.25) is 0 Å². The monoisotopic (exact) mass is 553 g/mol. The van der Waals surface area contributed by atoms with Crippen molar-refractivity contribution in [1.29, 1.82) is 0 Å². The lowest BCUT2D eigenvalue weighted by molar-refractivity contribution is -0.137. The number of carboxylic acids is 1. The van der Waals surface area contributed by atoms with Gasteiger partial charge in [0.1, 0.15) is 10.7 Å². The molecular formula is C33H44ClNO4. The van der Waals surface area contributed by atoms with Crippen molar-refractivity contribution >= 4 is 29.1 Å². The number of benzene rings is 1. The number of rotatable bonds is 4. The molecule has 5 aliphatic carbocycles. The predicted molar refractivity (Wildman–Crippen MR) is 153 cm³/mol. The zero-order valence-electron chi connectivity index (χ0n) is 23.5. The van der Waals surface area contributed by atoms with Gasteiger partial charge in [0.2, 0.25) is 11.6 Å². The lowest BCUT2D eigenvalue weighted by Gasteiger charge is -2.60. The van der Waals surface area contributed by atoms with Crippen LogP contribution in [0.5, 0.6) is 0 Å². The van der Waals surface area contributed by atoms with E-state index >= 15 is 0 Å². The summed E-state index contributed by atoms with van der Waals surface area (Å²) in [6.45, 7) is 5.25. The molecule has 0 heterocycles. The van der Waals surface area contributed by atoms with Gasteiger partial charge in [0.15, 0.2) is 0 Å². The number of hydrogen-bond donors (Lipinski definition) is 2. The van der Waals surface area contributed by atoms with Crippen molar-refractivity contribution in [3.63, 3.8) is 0 Å². The molecule has 0 saturated heterocycles. The van der Waals surface area contributed by atoms with Crippen LogP contribution in [0.15, 0.2) is 35.0 Å². The van der Waals surface area contributed by atoms with Crippen molar-refractivity contribution in [1.82, 2.24) is 0 Å². The Morgan fingerprint density at radius 3 is 2.33 bits per heavy atom. The van der Waals surface area contributed by atoms with Crippen molar-refractivity contribution < 1.29 is 19.5 Å². The minimum absolute atomic E-state index is 0.171. The Balaban J connectivity index is 0.000000186. The van der Waals surface area contributed by atoms with E-state index in [4.69, 9.17) is 22.4 Å². The number of ketones is 2. The van der Waals surface area contributed by atoms with Crippen molar-refractivity contribution in [2.75, 3.05) is 0 Å². The third-order valence-corrected chi connectivity index (χ3v) is 12.2. The van der Waals surface area contributed by atoms with Crippen molar-refractivity contribution in [3.05, 3.63) is 46.1 Å². The van der Waals surface area contributed by atoms with E-state index in [2.05, 4.69) is 13.8 Å². The lowest BCUT2D eigenvalue weighted by atomic mass is 9.45. The van der Waals surface area contributed by atoms with Gasteiger partial charge in [-0.3, -0.25) is 14.4 Å². The van der Waals surface area contributed by atoms with Crippen molar-refractivity contribution in [2.45, 2.75) is 97.3 Å². The normalized spacial score (nSPS) is 37.2. The highest BCUT2D eigenvalue weighted by atomic mass is 35.5. The average molecular weight is 554 g/mol. The molecule has 1 aromatic carbocycles. The lowest BCUT2D eigenvalue weighted by Crippen LogP contribution is -2.52. The summed E-state index contributed by atoms with van der Waals surface area (Å²) in [6, 6.07) is 6.47. The van der Waals surface area contributed by atoms with Crippen LogP contribution >= 0.6 is 11.6 Å². The Bertz CT molecular complexity index is 1130. The first-order valence-corrected chi connectivity index (χ1v) is 15.5. The molecule has 5 aliphatic rings. The summed E-state index contributed by atoms with van der Waals surface area (Å²) < 4.78 is 0. The van der Waals surface area contributed by atoms with Crippen molar-refractivity contribution in [3.8, 4) is 0 Å². The second kappa shape index (κ2) is 11.0. The number of hydrogen-bond acceptors (Lipinski definition) is 4. The van der Waals surface area contributed by atoms with Crippen molar-refractivity contribution in [2.24, 2.45) is 46.2 Å². The number of allylic oxidation sites excluding steroid dienone is 2. The fraction of sp³-hybridized carbons (Fsp3) is 0.667. The van der Waals surface area contributed by atoms with E-state index < -0.39 is 5.97 Å². The van der Waals surface area contributed by atoms with Gasteiger partial charge >= 0.3 is 5.97 Å². The van der Waals surface area contributed by atoms with Gasteiger partial charge in [-0.2, -0.15) is 0 Å². The van der Waals surface area contributed by atoms with E-state index in [0.717, 1.165) is 42.4 Å². The summed E-state index contributed by atoms with van der Waals surface area (Å²) >= 11 is 5.62. The molecule has 212 valence electrons. The van der Waals surface area contributed by atoms with Gasteiger partial charge in [-0.15, -0.1) is 0 Å². The largest absolute Gasteiger partial charge is 0.481 e. The first-order valence-electron chi connectivity index (χ1n) is 15.1. The molecule has 3 N–H and O–H groups in total. The molecule has 39 heavy (non-hydrogen) atoms. The first-order chi connectivity index (χ1) is 18.6. The first kappa shape index (κ1) is 28.4. The number of carbonyl (C=O) groups excluding carboxylic acids is 2. The molecule has 6 heteroatoms. The number of carbonyl (C=O) groups is 3. The summed E-state index contributed by atoms with van der Waals surface area (Å²) in [5.74, 6) is 3.30. The Kier molecular flexibility index (Phi) is 8.03. The molecule has 1 aromatic rings. The zero-order chi connectivity index (χ0) is 27.9. The smallest absolute Gasteiger partial charge is 0.303 e. The summed E-state index contributed by atoms with van der Waals surface area (Å²) in [7, 11) is 0. The minimum atomic E-state index is -0.619. The van der Waals surface area contributed by atoms with Gasteiger partial charge in [0.25, 0.3) is 0 Å². The highest BCUT2D eigenvalue weighted by Gasteiger charge is 2.59. The standard InChI is InChI=1S/C23H38O2.C10H6ClNO2/c1-22-14-4-3-6-16(22)9-11-18-19-12-10-17(7-5-8-21(24)25)23(19,2)15-13-20(18)22;11-7-8(12)10(14)6-4-2-1-3-5(6)9(7)13/h16-20H,3-15H2,1-2H3,(H,24,25);1-4H,12H2/t16-,17?,18?,19?,20?,22?,23?;/m0./s1. The molecule has 0 amide bonds. The maximum absolute atomic E-state index is 11.6. The van der Waals surface area contributed by atoms with Gasteiger partial charge in [0, 0.05) is 17.5 Å². The summed E-state index contributed by atoms with van der Waals surface area (Å²) in [6.07, 6.45) is 17.0. The Hall–Kier alpha value is -2.14. The molecule has 0 aliphatic heterocycles. The van der Waals surface area contributed by atoms with Crippen LogP contribution in [0, 0.1) is 40.4 Å². The fourth-order valence-corrected chi connectivity index (χ4v) is 9.93. The minimum Gasteiger partial charge on any atom is -0.481 e.